The standard InChI is InChI=1S/C15H28/c1-2-3-4-5-6-7-9-12-15-13-10-8-11-14-15/h13H,2-12,14H2,1H3. The molecule has 0 aromatic rings. The van der Waals surface area contributed by atoms with Gasteiger partial charge in [-0.25, -0.2) is 0 Å². The Balaban J connectivity index is 1.86. The molecule has 15 heavy (non-hydrogen) atoms. The summed E-state index contributed by atoms with van der Waals surface area (Å²) in [6.45, 7) is 2.29. The van der Waals surface area contributed by atoms with Crippen LogP contribution >= 0.6 is 0 Å². The van der Waals surface area contributed by atoms with Gasteiger partial charge in [-0.15, -0.1) is 0 Å². The molecular weight excluding hydrogens is 180 g/mol. The lowest BCUT2D eigenvalue weighted by Gasteiger charge is -2.12. The van der Waals surface area contributed by atoms with Crippen molar-refractivity contribution in [1.29, 1.82) is 0 Å². The van der Waals surface area contributed by atoms with Crippen LogP contribution in [0.4, 0.5) is 0 Å². The van der Waals surface area contributed by atoms with E-state index in [9.17, 15) is 0 Å². The van der Waals surface area contributed by atoms with E-state index in [1.165, 1.54) is 77.0 Å². The second-order valence-electron chi connectivity index (χ2n) is 4.98. The summed E-state index contributed by atoms with van der Waals surface area (Å²) in [4.78, 5) is 0. The van der Waals surface area contributed by atoms with Crippen LogP contribution in [-0.4, -0.2) is 0 Å². The van der Waals surface area contributed by atoms with Crippen molar-refractivity contribution in [1.82, 2.24) is 0 Å². The Morgan fingerprint density at radius 3 is 2.33 bits per heavy atom. The second-order valence-corrected chi connectivity index (χ2v) is 4.98. The number of allylic oxidation sites excluding steroid dienone is 2. The van der Waals surface area contributed by atoms with Gasteiger partial charge in [0.25, 0.3) is 0 Å². The van der Waals surface area contributed by atoms with Gasteiger partial charge in [-0.3, -0.25) is 0 Å². The molecule has 0 bridgehead atoms. The number of hydrogen-bond donors (Lipinski definition) is 0. The highest BCUT2D eigenvalue weighted by molar-refractivity contribution is 5.04. The van der Waals surface area contributed by atoms with Crippen molar-refractivity contribution >= 4 is 0 Å². The van der Waals surface area contributed by atoms with Crippen LogP contribution in [0.2, 0.25) is 0 Å². The average Bonchev–Trinajstić information content (AvgIpc) is 2.29. The molecule has 0 radical (unpaired) electrons. The van der Waals surface area contributed by atoms with Gasteiger partial charge >= 0.3 is 0 Å². The molecule has 1 rings (SSSR count). The maximum absolute atomic E-state index is 2.50. The van der Waals surface area contributed by atoms with Gasteiger partial charge < -0.3 is 0 Å². The van der Waals surface area contributed by atoms with Crippen molar-refractivity contribution in [3.8, 4) is 0 Å². The maximum Gasteiger partial charge on any atom is -0.0320 e. The second kappa shape index (κ2) is 9.00. The topological polar surface area (TPSA) is 0 Å². The third kappa shape index (κ3) is 6.76. The van der Waals surface area contributed by atoms with Gasteiger partial charge in [0, 0.05) is 0 Å². The Hall–Kier alpha value is -0.260. The van der Waals surface area contributed by atoms with Crippen LogP contribution in [0.25, 0.3) is 0 Å². The smallest absolute Gasteiger partial charge is 0.0320 e. The van der Waals surface area contributed by atoms with Crippen LogP contribution in [0.1, 0.15) is 84.0 Å². The summed E-state index contributed by atoms with van der Waals surface area (Å²) in [6, 6.07) is 0. The lowest BCUT2D eigenvalue weighted by molar-refractivity contribution is 0.577. The van der Waals surface area contributed by atoms with Crippen molar-refractivity contribution in [2.24, 2.45) is 0 Å². The highest BCUT2D eigenvalue weighted by Crippen LogP contribution is 2.22. The molecular formula is C15H28. The molecule has 0 fully saturated rings. The predicted molar refractivity (Wildman–Crippen MR) is 69.2 cm³/mol. The highest BCUT2D eigenvalue weighted by Gasteiger charge is 2.02. The van der Waals surface area contributed by atoms with Gasteiger partial charge in [-0.1, -0.05) is 57.1 Å². The monoisotopic (exact) mass is 208 g/mol. The van der Waals surface area contributed by atoms with E-state index in [2.05, 4.69) is 13.0 Å². The summed E-state index contributed by atoms with van der Waals surface area (Å²) in [5.74, 6) is 0. The molecule has 0 spiro atoms. The molecule has 0 heteroatoms. The van der Waals surface area contributed by atoms with E-state index in [0.717, 1.165) is 0 Å². The zero-order chi connectivity index (χ0) is 10.8. The van der Waals surface area contributed by atoms with Crippen LogP contribution in [0.5, 0.6) is 0 Å². The van der Waals surface area contributed by atoms with Crippen molar-refractivity contribution in [2.75, 3.05) is 0 Å². The number of rotatable bonds is 8. The molecule has 0 aliphatic heterocycles. The van der Waals surface area contributed by atoms with Crippen molar-refractivity contribution in [3.63, 3.8) is 0 Å². The predicted octanol–water partition coefficient (Wildman–Crippen LogP) is 5.63. The quantitative estimate of drug-likeness (QED) is 0.358. The van der Waals surface area contributed by atoms with Gasteiger partial charge in [-0.2, -0.15) is 0 Å². The largest absolute Gasteiger partial charge is 0.0853 e. The first-order valence-electron chi connectivity index (χ1n) is 7.11. The van der Waals surface area contributed by atoms with E-state index < -0.39 is 0 Å². The molecule has 0 aromatic heterocycles. The van der Waals surface area contributed by atoms with Crippen molar-refractivity contribution in [2.45, 2.75) is 84.0 Å². The van der Waals surface area contributed by atoms with Gasteiger partial charge in [0.2, 0.25) is 0 Å². The van der Waals surface area contributed by atoms with E-state index in [4.69, 9.17) is 0 Å². The van der Waals surface area contributed by atoms with E-state index in [1.807, 2.05) is 0 Å². The summed E-state index contributed by atoms with van der Waals surface area (Å²) >= 11 is 0. The highest BCUT2D eigenvalue weighted by atomic mass is 14.1. The molecule has 0 aromatic carbocycles. The van der Waals surface area contributed by atoms with Gasteiger partial charge in [0.1, 0.15) is 0 Å². The van der Waals surface area contributed by atoms with Crippen LogP contribution in [-0.2, 0) is 0 Å². The van der Waals surface area contributed by atoms with E-state index in [0.29, 0.717) is 0 Å². The third-order valence-corrected chi connectivity index (χ3v) is 3.49. The van der Waals surface area contributed by atoms with E-state index >= 15 is 0 Å². The fraction of sp³-hybridized carbons (Fsp3) is 0.867. The summed E-state index contributed by atoms with van der Waals surface area (Å²) in [5, 5.41) is 0. The lowest BCUT2D eigenvalue weighted by atomic mass is 9.95. The Bertz CT molecular complexity index is 167. The van der Waals surface area contributed by atoms with Crippen LogP contribution < -0.4 is 0 Å². The molecule has 0 N–H and O–H groups in total. The third-order valence-electron chi connectivity index (χ3n) is 3.49. The van der Waals surface area contributed by atoms with Crippen molar-refractivity contribution < 1.29 is 0 Å². The molecule has 0 unspecified atom stereocenters. The zero-order valence-electron chi connectivity index (χ0n) is 10.6. The Morgan fingerprint density at radius 2 is 1.67 bits per heavy atom. The minimum absolute atomic E-state index is 1.35. The molecule has 0 saturated heterocycles. The zero-order valence-corrected chi connectivity index (χ0v) is 10.6. The molecule has 0 heterocycles. The van der Waals surface area contributed by atoms with E-state index in [-0.39, 0.29) is 0 Å². The molecule has 0 saturated carbocycles. The van der Waals surface area contributed by atoms with Gasteiger partial charge in [0.05, 0.1) is 0 Å². The van der Waals surface area contributed by atoms with E-state index in [1.54, 1.807) is 5.57 Å². The number of hydrogen-bond acceptors (Lipinski definition) is 0. The SMILES string of the molecule is CCCCCCCCCC1=CCCCC1. The summed E-state index contributed by atoms with van der Waals surface area (Å²) in [7, 11) is 0. The first-order chi connectivity index (χ1) is 7.43. The Morgan fingerprint density at radius 1 is 0.933 bits per heavy atom. The number of unbranched alkanes of at least 4 members (excludes halogenated alkanes) is 6. The molecule has 1 aliphatic rings. The van der Waals surface area contributed by atoms with Crippen LogP contribution in [0.3, 0.4) is 0 Å². The normalized spacial score (nSPS) is 16.5. The maximum atomic E-state index is 2.50. The molecule has 1 aliphatic carbocycles. The van der Waals surface area contributed by atoms with Gasteiger partial charge in [0.15, 0.2) is 0 Å². The minimum Gasteiger partial charge on any atom is -0.0853 e. The molecule has 0 atom stereocenters. The lowest BCUT2D eigenvalue weighted by Crippen LogP contribution is -1.92. The fourth-order valence-corrected chi connectivity index (χ4v) is 2.44. The first-order valence-corrected chi connectivity index (χ1v) is 7.11. The Kier molecular flexibility index (Phi) is 7.69. The molecule has 0 nitrogen and oxygen atoms in total. The molecule has 88 valence electrons. The summed E-state index contributed by atoms with van der Waals surface area (Å²) in [5.41, 5.74) is 1.76. The van der Waals surface area contributed by atoms with Gasteiger partial charge in [-0.05, 0) is 38.5 Å². The summed E-state index contributed by atoms with van der Waals surface area (Å²) < 4.78 is 0. The van der Waals surface area contributed by atoms with Crippen LogP contribution in [0.15, 0.2) is 11.6 Å². The summed E-state index contributed by atoms with van der Waals surface area (Å²) in [6.07, 6.45) is 19.6. The fourth-order valence-electron chi connectivity index (χ4n) is 2.44. The molecule has 0 amide bonds. The van der Waals surface area contributed by atoms with Crippen molar-refractivity contribution in [3.05, 3.63) is 11.6 Å². The average molecular weight is 208 g/mol. The Labute approximate surface area is 96.2 Å². The van der Waals surface area contributed by atoms with Crippen LogP contribution in [0, 0.1) is 0 Å². The minimum atomic E-state index is 1.35. The first kappa shape index (κ1) is 12.8.